The van der Waals surface area contributed by atoms with E-state index in [2.05, 4.69) is 9.71 Å². The molecule has 2 aliphatic heterocycles. The summed E-state index contributed by atoms with van der Waals surface area (Å²) in [5.74, 6) is 0. The van der Waals surface area contributed by atoms with E-state index in [1.807, 2.05) is 76.2 Å². The number of hydrogen-bond donors (Lipinski definition) is 1. The first-order valence-corrected chi connectivity index (χ1v) is 15.4. The lowest BCUT2D eigenvalue weighted by molar-refractivity contribution is 0.0270. The summed E-state index contributed by atoms with van der Waals surface area (Å²) in [6.45, 7) is 12.0. The standard InChI is InChI=1S/C30H38ClN3O5S/c1-20(24-9-7-8-10-25(24)31)32-27-33-40(36,37)26(30(5,6)38-27)19-21-11-13-22(14-12-21)23-15-17-34(18-16-23)28(35)39-29(2,3)4/h7-15,20,26H,16-19H2,1-6H3,(H,32,33)/t20-,26?/m0/s1. The molecule has 0 spiro atoms. The fourth-order valence-electron chi connectivity index (χ4n) is 4.86. The molecule has 1 amide bonds. The van der Waals surface area contributed by atoms with E-state index in [1.165, 1.54) is 0 Å². The number of sulfonamides is 1. The molecular formula is C30H38ClN3O5S. The minimum absolute atomic E-state index is 0.0336. The summed E-state index contributed by atoms with van der Waals surface area (Å²) in [6, 6.07) is 14.8. The Labute approximate surface area is 242 Å². The zero-order chi connectivity index (χ0) is 29.3. The second-order valence-electron chi connectivity index (χ2n) is 11.8. The number of amidine groups is 1. The molecule has 0 bridgehead atoms. The molecule has 40 heavy (non-hydrogen) atoms. The molecule has 2 heterocycles. The smallest absolute Gasteiger partial charge is 0.410 e. The number of benzene rings is 2. The molecule has 8 nitrogen and oxygen atoms in total. The Hall–Kier alpha value is -3.04. The molecule has 1 saturated heterocycles. The highest BCUT2D eigenvalue weighted by molar-refractivity contribution is 7.90. The second-order valence-corrected chi connectivity index (χ2v) is 14.1. The molecule has 0 aliphatic carbocycles. The van der Waals surface area contributed by atoms with Crippen molar-refractivity contribution in [3.05, 3.63) is 76.3 Å². The summed E-state index contributed by atoms with van der Waals surface area (Å²) >= 11 is 6.29. The number of carbonyl (C=O) groups is 1. The van der Waals surface area contributed by atoms with Gasteiger partial charge in [0.25, 0.3) is 6.02 Å². The van der Waals surface area contributed by atoms with E-state index >= 15 is 0 Å². The van der Waals surface area contributed by atoms with Gasteiger partial charge in [-0.05, 0) is 82.7 Å². The highest BCUT2D eigenvalue weighted by atomic mass is 35.5. The molecule has 1 N–H and O–H groups in total. The van der Waals surface area contributed by atoms with E-state index in [1.54, 1.807) is 24.8 Å². The van der Waals surface area contributed by atoms with E-state index in [-0.39, 0.29) is 18.5 Å². The van der Waals surface area contributed by atoms with Crippen LogP contribution >= 0.6 is 11.6 Å². The Morgan fingerprint density at radius 1 is 1.20 bits per heavy atom. The van der Waals surface area contributed by atoms with Crippen LogP contribution in [0.2, 0.25) is 5.02 Å². The molecule has 216 valence electrons. The highest BCUT2D eigenvalue weighted by Gasteiger charge is 2.47. The molecule has 0 aromatic heterocycles. The van der Waals surface area contributed by atoms with Gasteiger partial charge in [-0.15, -0.1) is 0 Å². The van der Waals surface area contributed by atoms with Crippen molar-refractivity contribution in [1.29, 1.82) is 0 Å². The zero-order valence-electron chi connectivity index (χ0n) is 23.9. The van der Waals surface area contributed by atoms with Crippen molar-refractivity contribution in [3.8, 4) is 0 Å². The van der Waals surface area contributed by atoms with Gasteiger partial charge in [0.15, 0.2) is 0 Å². The maximum Gasteiger partial charge on any atom is 0.410 e. The Balaban J connectivity index is 1.43. The van der Waals surface area contributed by atoms with Crippen LogP contribution in [0.4, 0.5) is 4.79 Å². The van der Waals surface area contributed by atoms with Crippen molar-refractivity contribution in [2.45, 2.75) is 76.9 Å². The Morgan fingerprint density at radius 3 is 2.45 bits per heavy atom. The van der Waals surface area contributed by atoms with Gasteiger partial charge in [-0.25, -0.2) is 22.9 Å². The van der Waals surface area contributed by atoms with Crippen LogP contribution in [0.25, 0.3) is 5.57 Å². The van der Waals surface area contributed by atoms with Gasteiger partial charge >= 0.3 is 6.09 Å². The minimum Gasteiger partial charge on any atom is -0.457 e. The topological polar surface area (TPSA) is 97.3 Å². The number of nitrogens with zero attached hydrogens (tertiary/aromatic N) is 2. The quantitative estimate of drug-likeness (QED) is 0.454. The van der Waals surface area contributed by atoms with E-state index in [0.717, 1.165) is 28.7 Å². The maximum atomic E-state index is 13.3. The number of amides is 1. The van der Waals surface area contributed by atoms with Crippen LogP contribution in [0.3, 0.4) is 0 Å². The lowest BCUT2D eigenvalue weighted by atomic mass is 9.94. The Bertz CT molecular complexity index is 1410. The number of aliphatic imine (C=N–C) groups is 1. The number of ether oxygens (including phenoxy) is 2. The van der Waals surface area contributed by atoms with Crippen LogP contribution in [0.15, 0.2) is 59.6 Å². The predicted octanol–water partition coefficient (Wildman–Crippen LogP) is 6.12. The van der Waals surface area contributed by atoms with Crippen LogP contribution in [0.1, 0.15) is 70.7 Å². The molecule has 0 radical (unpaired) electrons. The largest absolute Gasteiger partial charge is 0.457 e. The first-order valence-electron chi connectivity index (χ1n) is 13.4. The molecule has 1 fully saturated rings. The Morgan fingerprint density at radius 2 is 1.88 bits per heavy atom. The van der Waals surface area contributed by atoms with Crippen LogP contribution in [-0.4, -0.2) is 55.0 Å². The number of halogens is 1. The summed E-state index contributed by atoms with van der Waals surface area (Å²) in [5, 5.41) is -0.264. The average molecular weight is 588 g/mol. The average Bonchev–Trinajstić information content (AvgIpc) is 2.85. The molecule has 2 atom stereocenters. The fraction of sp³-hybridized carbons (Fsp3) is 0.467. The van der Waals surface area contributed by atoms with E-state index < -0.39 is 32.5 Å². The van der Waals surface area contributed by atoms with Crippen molar-refractivity contribution >= 4 is 39.3 Å². The summed E-state index contributed by atoms with van der Waals surface area (Å²) < 4.78 is 40.7. The van der Waals surface area contributed by atoms with Crippen molar-refractivity contribution in [2.75, 3.05) is 13.1 Å². The van der Waals surface area contributed by atoms with Gasteiger partial charge in [0.05, 0.1) is 6.04 Å². The van der Waals surface area contributed by atoms with Gasteiger partial charge in [0.2, 0.25) is 10.0 Å². The molecular weight excluding hydrogens is 550 g/mol. The lowest BCUT2D eigenvalue weighted by Gasteiger charge is -2.39. The normalized spacial score (nSPS) is 22.1. The first-order chi connectivity index (χ1) is 18.6. The van der Waals surface area contributed by atoms with E-state index in [0.29, 0.717) is 18.1 Å². The van der Waals surface area contributed by atoms with Gasteiger partial charge in [0.1, 0.15) is 16.5 Å². The van der Waals surface area contributed by atoms with E-state index in [4.69, 9.17) is 21.1 Å². The van der Waals surface area contributed by atoms with Gasteiger partial charge < -0.3 is 14.4 Å². The van der Waals surface area contributed by atoms with Crippen molar-refractivity contribution in [2.24, 2.45) is 4.99 Å². The molecule has 2 aromatic carbocycles. The third-order valence-corrected chi connectivity index (χ3v) is 9.30. The highest BCUT2D eigenvalue weighted by Crippen LogP contribution is 2.32. The van der Waals surface area contributed by atoms with Crippen LogP contribution in [0.5, 0.6) is 0 Å². The zero-order valence-corrected chi connectivity index (χ0v) is 25.5. The number of carbonyl (C=O) groups excluding carboxylic acids is 1. The van der Waals surface area contributed by atoms with Crippen molar-refractivity contribution < 1.29 is 22.7 Å². The molecule has 2 aromatic rings. The number of nitrogens with one attached hydrogen (secondary N) is 1. The SMILES string of the molecule is C[C@H](N=C1NS(=O)(=O)C(Cc2ccc(C3=CCN(C(=O)OC(C)(C)C)CC3)cc2)C(C)(C)O1)c1ccccc1Cl. The monoisotopic (exact) mass is 587 g/mol. The summed E-state index contributed by atoms with van der Waals surface area (Å²) in [5.41, 5.74) is 2.32. The predicted molar refractivity (Wildman–Crippen MR) is 159 cm³/mol. The summed E-state index contributed by atoms with van der Waals surface area (Å²) in [7, 11) is -3.77. The number of hydrogen-bond acceptors (Lipinski definition) is 6. The van der Waals surface area contributed by atoms with Gasteiger partial charge in [-0.2, -0.15) is 0 Å². The summed E-state index contributed by atoms with van der Waals surface area (Å²) in [4.78, 5) is 18.5. The Kier molecular flexibility index (Phi) is 8.57. The van der Waals surface area contributed by atoms with Crippen LogP contribution in [-0.2, 0) is 25.9 Å². The van der Waals surface area contributed by atoms with Crippen molar-refractivity contribution in [1.82, 2.24) is 9.62 Å². The van der Waals surface area contributed by atoms with Crippen molar-refractivity contribution in [3.63, 3.8) is 0 Å². The maximum absolute atomic E-state index is 13.3. The number of rotatable bonds is 5. The molecule has 4 rings (SSSR count). The molecule has 2 aliphatic rings. The third-order valence-electron chi connectivity index (χ3n) is 7.01. The second kappa shape index (κ2) is 11.4. The van der Waals surface area contributed by atoms with Gasteiger partial charge in [-0.3, -0.25) is 0 Å². The first kappa shape index (κ1) is 29.9. The third kappa shape index (κ3) is 7.18. The molecule has 10 heteroatoms. The van der Waals surface area contributed by atoms with Gasteiger partial charge in [-0.1, -0.05) is 60.1 Å². The van der Waals surface area contributed by atoms with Crippen LogP contribution < -0.4 is 4.72 Å². The molecule has 0 saturated carbocycles. The fourth-order valence-corrected chi connectivity index (χ4v) is 6.84. The van der Waals surface area contributed by atoms with E-state index in [9.17, 15) is 13.2 Å². The van der Waals surface area contributed by atoms with Crippen LogP contribution in [0, 0.1) is 0 Å². The van der Waals surface area contributed by atoms with Gasteiger partial charge in [0, 0.05) is 18.1 Å². The minimum atomic E-state index is -3.77. The molecule has 1 unspecified atom stereocenters. The lowest BCUT2D eigenvalue weighted by Crippen LogP contribution is -2.59. The summed E-state index contributed by atoms with van der Waals surface area (Å²) in [6.07, 6.45) is 2.73.